The standard InChI is InChI=1S/C18H10N2O7/c21-14(27-20-17(24)12-7-3-4-8-13(12)18(20)25)9-26-19-15(22)10-5-1-2-6-11(10)16(19)23/h1-8H,9H2. The number of rotatable bonds is 4. The van der Waals surface area contributed by atoms with Gasteiger partial charge in [-0.25, -0.2) is 4.79 Å². The molecular formula is C18H10N2O7. The van der Waals surface area contributed by atoms with E-state index in [4.69, 9.17) is 9.68 Å². The number of amides is 4. The third-order valence-electron chi connectivity index (χ3n) is 4.02. The van der Waals surface area contributed by atoms with Gasteiger partial charge in [0.2, 0.25) is 0 Å². The maximum atomic E-state index is 12.1. The van der Waals surface area contributed by atoms with Gasteiger partial charge in [0.25, 0.3) is 23.6 Å². The summed E-state index contributed by atoms with van der Waals surface area (Å²) in [6, 6.07) is 12.1. The Morgan fingerprint density at radius 3 is 1.44 bits per heavy atom. The van der Waals surface area contributed by atoms with E-state index in [-0.39, 0.29) is 22.3 Å². The van der Waals surface area contributed by atoms with Gasteiger partial charge in [-0.1, -0.05) is 29.3 Å². The van der Waals surface area contributed by atoms with Crippen LogP contribution in [0.2, 0.25) is 0 Å². The Labute approximate surface area is 151 Å². The molecule has 27 heavy (non-hydrogen) atoms. The summed E-state index contributed by atoms with van der Waals surface area (Å²) in [5, 5.41) is 0.757. The lowest BCUT2D eigenvalue weighted by atomic mass is 10.1. The van der Waals surface area contributed by atoms with E-state index in [1.54, 1.807) is 24.3 Å². The molecule has 0 radical (unpaired) electrons. The number of hydrogen-bond donors (Lipinski definition) is 0. The Balaban J connectivity index is 1.41. The van der Waals surface area contributed by atoms with E-state index >= 15 is 0 Å². The second-order valence-corrected chi connectivity index (χ2v) is 5.64. The predicted molar refractivity (Wildman–Crippen MR) is 85.9 cm³/mol. The Hall–Kier alpha value is -3.85. The zero-order valence-electron chi connectivity index (χ0n) is 13.6. The van der Waals surface area contributed by atoms with Crippen molar-refractivity contribution >= 4 is 29.6 Å². The summed E-state index contributed by atoms with van der Waals surface area (Å²) in [4.78, 5) is 70.1. The molecule has 4 rings (SSSR count). The first-order valence-corrected chi connectivity index (χ1v) is 7.78. The molecule has 2 aliphatic rings. The van der Waals surface area contributed by atoms with Crippen LogP contribution in [0.1, 0.15) is 41.4 Å². The third-order valence-corrected chi connectivity index (χ3v) is 4.02. The van der Waals surface area contributed by atoms with Gasteiger partial charge in [-0.05, 0) is 24.3 Å². The summed E-state index contributed by atoms with van der Waals surface area (Å²) in [7, 11) is 0. The van der Waals surface area contributed by atoms with Gasteiger partial charge in [0, 0.05) is 0 Å². The van der Waals surface area contributed by atoms with Gasteiger partial charge in [-0.2, -0.15) is 0 Å². The number of hydrogen-bond acceptors (Lipinski definition) is 7. The van der Waals surface area contributed by atoms with E-state index in [0.717, 1.165) is 0 Å². The van der Waals surface area contributed by atoms with Crippen molar-refractivity contribution in [2.24, 2.45) is 0 Å². The molecule has 0 atom stereocenters. The number of hydroxylamine groups is 4. The van der Waals surface area contributed by atoms with E-state index in [0.29, 0.717) is 10.1 Å². The molecule has 0 aromatic heterocycles. The fourth-order valence-corrected chi connectivity index (χ4v) is 2.78. The second kappa shape index (κ2) is 6.15. The second-order valence-electron chi connectivity index (χ2n) is 5.64. The van der Waals surface area contributed by atoms with E-state index in [9.17, 15) is 24.0 Å². The van der Waals surface area contributed by atoms with Crippen LogP contribution in [0.25, 0.3) is 0 Å². The highest BCUT2D eigenvalue weighted by molar-refractivity contribution is 6.21. The highest BCUT2D eigenvalue weighted by Gasteiger charge is 2.40. The molecule has 0 aliphatic carbocycles. The average Bonchev–Trinajstić information content (AvgIpc) is 3.07. The SMILES string of the molecule is O=C(CON1C(=O)c2ccccc2C1=O)ON1C(=O)c2ccccc2C1=O. The number of carbonyl (C=O) groups is 5. The quantitative estimate of drug-likeness (QED) is 0.742. The zero-order chi connectivity index (χ0) is 19.1. The van der Waals surface area contributed by atoms with E-state index < -0.39 is 36.2 Å². The molecule has 134 valence electrons. The van der Waals surface area contributed by atoms with E-state index in [1.807, 2.05) is 0 Å². The van der Waals surface area contributed by atoms with Crippen LogP contribution in [-0.2, 0) is 14.5 Å². The molecular weight excluding hydrogens is 356 g/mol. The monoisotopic (exact) mass is 366 g/mol. The van der Waals surface area contributed by atoms with Crippen LogP contribution in [0.5, 0.6) is 0 Å². The minimum atomic E-state index is -1.12. The Morgan fingerprint density at radius 1 is 0.667 bits per heavy atom. The van der Waals surface area contributed by atoms with E-state index in [1.165, 1.54) is 24.3 Å². The first kappa shape index (κ1) is 16.6. The van der Waals surface area contributed by atoms with Gasteiger partial charge in [-0.15, -0.1) is 5.06 Å². The van der Waals surface area contributed by atoms with Gasteiger partial charge < -0.3 is 4.84 Å². The molecule has 9 heteroatoms. The lowest BCUT2D eigenvalue weighted by molar-refractivity contribution is -0.183. The molecule has 2 aromatic rings. The first-order valence-electron chi connectivity index (χ1n) is 7.78. The zero-order valence-corrected chi connectivity index (χ0v) is 13.6. The number of benzene rings is 2. The number of fused-ring (bicyclic) bond motifs is 2. The maximum Gasteiger partial charge on any atom is 0.361 e. The molecule has 0 spiro atoms. The molecule has 9 nitrogen and oxygen atoms in total. The van der Waals surface area contributed by atoms with Crippen LogP contribution in [-0.4, -0.2) is 46.3 Å². The molecule has 0 saturated heterocycles. The fraction of sp³-hybridized carbons (Fsp3) is 0.0556. The van der Waals surface area contributed by atoms with Crippen molar-refractivity contribution in [2.45, 2.75) is 0 Å². The summed E-state index contributed by atoms with van der Waals surface area (Å²) in [5.41, 5.74) is 0.514. The van der Waals surface area contributed by atoms with Gasteiger partial charge >= 0.3 is 5.97 Å². The van der Waals surface area contributed by atoms with Crippen molar-refractivity contribution in [1.29, 1.82) is 0 Å². The van der Waals surface area contributed by atoms with Crippen LogP contribution in [0.4, 0.5) is 0 Å². The summed E-state index contributed by atoms with van der Waals surface area (Å²) >= 11 is 0. The number of carbonyl (C=O) groups excluding carboxylic acids is 5. The lowest BCUT2D eigenvalue weighted by Crippen LogP contribution is -2.37. The van der Waals surface area contributed by atoms with Crippen LogP contribution >= 0.6 is 0 Å². The van der Waals surface area contributed by atoms with Crippen LogP contribution < -0.4 is 0 Å². The topological polar surface area (TPSA) is 110 Å². The van der Waals surface area contributed by atoms with Gasteiger partial charge in [0.1, 0.15) is 0 Å². The maximum absolute atomic E-state index is 12.1. The molecule has 0 saturated carbocycles. The molecule has 2 heterocycles. The molecule has 0 unspecified atom stereocenters. The molecule has 0 fully saturated rings. The van der Waals surface area contributed by atoms with Crippen molar-refractivity contribution in [2.75, 3.05) is 6.61 Å². The Kier molecular flexibility index (Phi) is 3.78. The average molecular weight is 366 g/mol. The van der Waals surface area contributed by atoms with Crippen molar-refractivity contribution in [3.63, 3.8) is 0 Å². The van der Waals surface area contributed by atoms with Crippen LogP contribution in [0.3, 0.4) is 0 Å². The minimum absolute atomic E-state index is 0.108. The summed E-state index contributed by atoms with van der Waals surface area (Å²) in [6.45, 7) is -0.848. The van der Waals surface area contributed by atoms with Crippen LogP contribution in [0, 0.1) is 0 Å². The van der Waals surface area contributed by atoms with Crippen molar-refractivity contribution in [3.05, 3.63) is 70.8 Å². The van der Waals surface area contributed by atoms with Gasteiger partial charge in [0.05, 0.1) is 22.3 Å². The van der Waals surface area contributed by atoms with E-state index in [2.05, 4.69) is 0 Å². The third kappa shape index (κ3) is 2.57. The summed E-state index contributed by atoms with van der Waals surface area (Å²) in [5.74, 6) is -4.14. The smallest absolute Gasteiger partial charge is 0.327 e. The number of nitrogens with zero attached hydrogens (tertiary/aromatic N) is 2. The molecule has 4 amide bonds. The molecule has 0 N–H and O–H groups in total. The fourth-order valence-electron chi connectivity index (χ4n) is 2.78. The summed E-state index contributed by atoms with van der Waals surface area (Å²) in [6.07, 6.45) is 0. The highest BCUT2D eigenvalue weighted by atomic mass is 16.8. The predicted octanol–water partition coefficient (Wildman–Crippen LogP) is 0.969. The largest absolute Gasteiger partial charge is 0.361 e. The Bertz CT molecular complexity index is 960. The van der Waals surface area contributed by atoms with Gasteiger partial charge in [-0.3, -0.25) is 24.0 Å². The van der Waals surface area contributed by atoms with Crippen molar-refractivity contribution < 1.29 is 33.6 Å². The molecule has 2 aromatic carbocycles. The normalized spacial score (nSPS) is 15.3. The van der Waals surface area contributed by atoms with Crippen molar-refractivity contribution in [1.82, 2.24) is 10.1 Å². The van der Waals surface area contributed by atoms with Crippen LogP contribution in [0.15, 0.2) is 48.5 Å². The molecule has 0 bridgehead atoms. The Morgan fingerprint density at radius 2 is 1.04 bits per heavy atom. The number of imide groups is 2. The van der Waals surface area contributed by atoms with Gasteiger partial charge in [0.15, 0.2) is 6.61 Å². The van der Waals surface area contributed by atoms with Crippen molar-refractivity contribution in [3.8, 4) is 0 Å². The lowest BCUT2D eigenvalue weighted by Gasteiger charge is -2.15. The highest BCUT2D eigenvalue weighted by Crippen LogP contribution is 2.24. The summed E-state index contributed by atoms with van der Waals surface area (Å²) < 4.78 is 0. The first-order chi connectivity index (χ1) is 13.0. The molecule has 2 aliphatic heterocycles. The minimum Gasteiger partial charge on any atom is -0.327 e.